The van der Waals surface area contributed by atoms with Crippen LogP contribution in [0.4, 0.5) is 0 Å². The van der Waals surface area contributed by atoms with Gasteiger partial charge in [-0.3, -0.25) is 4.79 Å². The fraction of sp³-hybridized carbons (Fsp3) is 0.917. The number of hydrogen-bond donors (Lipinski definition) is 0. The maximum absolute atomic E-state index is 11.8. The molecule has 0 aromatic carbocycles. The second kappa shape index (κ2) is 3.92. The molecule has 0 radical (unpaired) electrons. The SMILES string of the molecule is C[C@@H]1C[C@@H]1CCC(=O)N(C)C(C)(C)C. The molecule has 82 valence electrons. The van der Waals surface area contributed by atoms with E-state index in [1.165, 1.54) is 6.42 Å². The summed E-state index contributed by atoms with van der Waals surface area (Å²) >= 11 is 0. The molecule has 1 fully saturated rings. The molecule has 1 rings (SSSR count). The van der Waals surface area contributed by atoms with Gasteiger partial charge in [-0.2, -0.15) is 0 Å². The standard InChI is InChI=1S/C12H23NO/c1-9-8-10(9)6-7-11(14)13(5)12(2,3)4/h9-10H,6-8H2,1-5H3/t9-,10+/m1/s1. The van der Waals surface area contributed by atoms with Crippen molar-refractivity contribution in [3.8, 4) is 0 Å². The molecule has 2 nitrogen and oxygen atoms in total. The molecule has 2 heteroatoms. The highest BCUT2D eigenvalue weighted by molar-refractivity contribution is 5.76. The quantitative estimate of drug-likeness (QED) is 0.681. The van der Waals surface area contributed by atoms with E-state index >= 15 is 0 Å². The Hall–Kier alpha value is -0.530. The van der Waals surface area contributed by atoms with Gasteiger partial charge in [-0.1, -0.05) is 6.92 Å². The maximum atomic E-state index is 11.8. The zero-order valence-corrected chi connectivity index (χ0v) is 10.1. The first-order valence-corrected chi connectivity index (χ1v) is 5.59. The number of carbonyl (C=O) groups is 1. The zero-order valence-electron chi connectivity index (χ0n) is 10.1. The Morgan fingerprint density at radius 1 is 1.43 bits per heavy atom. The molecular formula is C12H23NO. The van der Waals surface area contributed by atoms with Crippen molar-refractivity contribution in [3.05, 3.63) is 0 Å². The molecule has 1 aliphatic rings. The van der Waals surface area contributed by atoms with Crippen molar-refractivity contribution in [1.29, 1.82) is 0 Å². The number of amides is 1. The molecule has 0 aliphatic heterocycles. The molecule has 1 amide bonds. The molecule has 1 saturated carbocycles. The lowest BCUT2D eigenvalue weighted by atomic mass is 10.1. The maximum Gasteiger partial charge on any atom is 0.222 e. The molecule has 0 saturated heterocycles. The van der Waals surface area contributed by atoms with Crippen LogP contribution >= 0.6 is 0 Å². The third-order valence-corrected chi connectivity index (χ3v) is 3.39. The van der Waals surface area contributed by atoms with Crippen LogP contribution < -0.4 is 0 Å². The van der Waals surface area contributed by atoms with Gasteiger partial charge >= 0.3 is 0 Å². The van der Waals surface area contributed by atoms with Gasteiger partial charge in [0, 0.05) is 19.0 Å². The molecule has 0 heterocycles. The lowest BCUT2D eigenvalue weighted by Crippen LogP contribution is -2.42. The first-order chi connectivity index (χ1) is 6.32. The number of hydrogen-bond acceptors (Lipinski definition) is 1. The van der Waals surface area contributed by atoms with E-state index < -0.39 is 0 Å². The summed E-state index contributed by atoms with van der Waals surface area (Å²) in [7, 11) is 1.90. The Kier molecular flexibility index (Phi) is 3.23. The van der Waals surface area contributed by atoms with Gasteiger partial charge in [0.15, 0.2) is 0 Å². The summed E-state index contributed by atoms with van der Waals surface area (Å²) in [5.74, 6) is 1.98. The van der Waals surface area contributed by atoms with Crippen LogP contribution in [0.25, 0.3) is 0 Å². The third-order valence-electron chi connectivity index (χ3n) is 3.39. The minimum absolute atomic E-state index is 0.0355. The fourth-order valence-electron chi connectivity index (χ4n) is 1.65. The van der Waals surface area contributed by atoms with Crippen LogP contribution in [-0.4, -0.2) is 23.4 Å². The van der Waals surface area contributed by atoms with Crippen molar-refractivity contribution in [2.75, 3.05) is 7.05 Å². The highest BCUT2D eigenvalue weighted by Crippen LogP contribution is 2.41. The van der Waals surface area contributed by atoms with E-state index in [9.17, 15) is 4.79 Å². The van der Waals surface area contributed by atoms with Gasteiger partial charge < -0.3 is 4.90 Å². The van der Waals surface area contributed by atoms with Crippen molar-refractivity contribution < 1.29 is 4.79 Å². The van der Waals surface area contributed by atoms with Crippen LogP contribution in [0.3, 0.4) is 0 Å². The molecular weight excluding hydrogens is 174 g/mol. The normalized spacial score (nSPS) is 26.1. The Morgan fingerprint density at radius 3 is 2.29 bits per heavy atom. The van der Waals surface area contributed by atoms with Crippen LogP contribution in [0.2, 0.25) is 0 Å². The van der Waals surface area contributed by atoms with Crippen LogP contribution in [0.5, 0.6) is 0 Å². The monoisotopic (exact) mass is 197 g/mol. The van der Waals surface area contributed by atoms with E-state index in [1.807, 2.05) is 11.9 Å². The number of rotatable bonds is 3. The Bertz CT molecular complexity index is 217. The topological polar surface area (TPSA) is 20.3 Å². The molecule has 0 spiro atoms. The van der Waals surface area contributed by atoms with Gasteiger partial charge in [0.2, 0.25) is 5.91 Å². The summed E-state index contributed by atoms with van der Waals surface area (Å²) in [5, 5.41) is 0. The molecule has 0 N–H and O–H groups in total. The fourth-order valence-corrected chi connectivity index (χ4v) is 1.65. The molecule has 0 aromatic rings. The minimum Gasteiger partial charge on any atom is -0.341 e. The van der Waals surface area contributed by atoms with E-state index in [0.29, 0.717) is 0 Å². The van der Waals surface area contributed by atoms with Crippen molar-refractivity contribution in [2.45, 2.75) is 52.5 Å². The highest BCUT2D eigenvalue weighted by Gasteiger charge is 2.33. The van der Waals surface area contributed by atoms with Crippen LogP contribution in [0.1, 0.15) is 47.0 Å². The average molecular weight is 197 g/mol. The Balaban J connectivity index is 2.27. The average Bonchev–Trinajstić information content (AvgIpc) is 2.75. The molecule has 14 heavy (non-hydrogen) atoms. The molecule has 0 bridgehead atoms. The summed E-state index contributed by atoms with van der Waals surface area (Å²) < 4.78 is 0. The first-order valence-electron chi connectivity index (χ1n) is 5.59. The van der Waals surface area contributed by atoms with Crippen molar-refractivity contribution >= 4 is 5.91 Å². The third kappa shape index (κ3) is 3.00. The van der Waals surface area contributed by atoms with Crippen LogP contribution in [0.15, 0.2) is 0 Å². The number of nitrogens with zero attached hydrogens (tertiary/aromatic N) is 1. The molecule has 2 atom stereocenters. The van der Waals surface area contributed by atoms with E-state index in [4.69, 9.17) is 0 Å². The van der Waals surface area contributed by atoms with Crippen molar-refractivity contribution in [1.82, 2.24) is 4.90 Å². The van der Waals surface area contributed by atoms with E-state index in [1.54, 1.807) is 0 Å². The van der Waals surface area contributed by atoms with Crippen LogP contribution in [-0.2, 0) is 4.79 Å². The van der Waals surface area contributed by atoms with Gasteiger partial charge in [0.05, 0.1) is 0 Å². The van der Waals surface area contributed by atoms with Gasteiger partial charge in [0.25, 0.3) is 0 Å². The second-order valence-corrected chi connectivity index (χ2v) is 5.64. The van der Waals surface area contributed by atoms with Gasteiger partial charge in [0.1, 0.15) is 0 Å². The van der Waals surface area contributed by atoms with Crippen molar-refractivity contribution in [2.24, 2.45) is 11.8 Å². The zero-order chi connectivity index (χ0) is 10.9. The Morgan fingerprint density at radius 2 is 1.93 bits per heavy atom. The van der Waals surface area contributed by atoms with E-state index in [0.717, 1.165) is 24.7 Å². The largest absolute Gasteiger partial charge is 0.341 e. The molecule has 0 unspecified atom stereocenters. The smallest absolute Gasteiger partial charge is 0.222 e. The summed E-state index contributed by atoms with van der Waals surface area (Å²) in [6.45, 7) is 8.49. The first kappa shape index (κ1) is 11.5. The van der Waals surface area contributed by atoms with E-state index in [-0.39, 0.29) is 11.4 Å². The van der Waals surface area contributed by atoms with Gasteiger partial charge in [-0.15, -0.1) is 0 Å². The van der Waals surface area contributed by atoms with Gasteiger partial charge in [-0.25, -0.2) is 0 Å². The summed E-state index contributed by atoms with van der Waals surface area (Å²) in [4.78, 5) is 13.6. The van der Waals surface area contributed by atoms with Gasteiger partial charge in [-0.05, 0) is 45.4 Å². The van der Waals surface area contributed by atoms with E-state index in [2.05, 4.69) is 27.7 Å². The Labute approximate surface area is 87.7 Å². The minimum atomic E-state index is -0.0355. The number of carbonyl (C=O) groups excluding carboxylic acids is 1. The lowest BCUT2D eigenvalue weighted by Gasteiger charge is -2.32. The summed E-state index contributed by atoms with van der Waals surface area (Å²) in [5.41, 5.74) is -0.0355. The lowest BCUT2D eigenvalue weighted by molar-refractivity contribution is -0.134. The van der Waals surface area contributed by atoms with Crippen molar-refractivity contribution in [3.63, 3.8) is 0 Å². The highest BCUT2D eigenvalue weighted by atomic mass is 16.2. The molecule has 1 aliphatic carbocycles. The predicted molar refractivity (Wildman–Crippen MR) is 59.0 cm³/mol. The van der Waals surface area contributed by atoms with Crippen LogP contribution in [0, 0.1) is 11.8 Å². The summed E-state index contributed by atoms with van der Waals surface area (Å²) in [6.07, 6.45) is 3.13. The second-order valence-electron chi connectivity index (χ2n) is 5.64. The summed E-state index contributed by atoms with van der Waals surface area (Å²) in [6, 6.07) is 0. The predicted octanol–water partition coefficient (Wildman–Crippen LogP) is 2.68. The molecule has 0 aromatic heterocycles.